The molecule has 216 valence electrons. The lowest BCUT2D eigenvalue weighted by molar-refractivity contribution is 0.0341. The Kier molecular flexibility index (Phi) is 9.02. The van der Waals surface area contributed by atoms with Crippen LogP contribution in [0.15, 0.2) is 60.0 Å². The summed E-state index contributed by atoms with van der Waals surface area (Å²) in [5.41, 5.74) is 1.55. The molecule has 0 saturated heterocycles. The van der Waals surface area contributed by atoms with Gasteiger partial charge < -0.3 is 24.0 Å². The molecule has 0 saturated carbocycles. The summed E-state index contributed by atoms with van der Waals surface area (Å²) in [5.74, 6) is 0.763. The van der Waals surface area contributed by atoms with Crippen LogP contribution in [0.25, 0.3) is 0 Å². The summed E-state index contributed by atoms with van der Waals surface area (Å²) >= 11 is 0. The fourth-order valence-electron chi connectivity index (χ4n) is 4.65. The number of imidazole rings is 1. The van der Waals surface area contributed by atoms with Crippen LogP contribution < -0.4 is 14.2 Å². The standard InChI is InChI=1S/C28H37N5O6S/c1-19-13-33(20(2)17-34)28(35)24-12-22(30-40(36,37)27-16-32(4)18-29-27)8-11-25(24)39-26(19)15-31(3)14-21-6-9-23(38-5)10-7-21/h6-12,16,18-20,26,30,34H,13-15,17H2,1-5H3/t19-,20+,26+/m0/s1. The largest absolute Gasteiger partial charge is 0.497 e. The second-order valence-corrected chi connectivity index (χ2v) is 12.0. The van der Waals surface area contributed by atoms with E-state index in [0.29, 0.717) is 25.4 Å². The summed E-state index contributed by atoms with van der Waals surface area (Å²) < 4.78 is 41.4. The van der Waals surface area contributed by atoms with Crippen LogP contribution in [0.1, 0.15) is 29.8 Å². The van der Waals surface area contributed by atoms with E-state index in [1.165, 1.54) is 23.2 Å². The number of ether oxygens (including phenoxy) is 2. The maximum Gasteiger partial charge on any atom is 0.280 e. The monoisotopic (exact) mass is 571 g/mol. The van der Waals surface area contributed by atoms with Crippen molar-refractivity contribution in [3.63, 3.8) is 0 Å². The van der Waals surface area contributed by atoms with Crippen LogP contribution in [0.5, 0.6) is 11.5 Å². The molecule has 3 atom stereocenters. The van der Waals surface area contributed by atoms with E-state index in [1.807, 2.05) is 38.2 Å². The van der Waals surface area contributed by atoms with Crippen LogP contribution in [-0.4, -0.2) is 84.8 Å². The number of nitrogens with one attached hydrogen (secondary N) is 1. The predicted octanol–water partition coefficient (Wildman–Crippen LogP) is 2.58. The summed E-state index contributed by atoms with van der Waals surface area (Å²) in [6.45, 7) is 5.24. The number of aryl methyl sites for hydroxylation is 1. The number of methoxy groups -OCH3 is 1. The van der Waals surface area contributed by atoms with E-state index in [2.05, 4.69) is 14.6 Å². The highest BCUT2D eigenvalue weighted by molar-refractivity contribution is 7.92. The van der Waals surface area contributed by atoms with Crippen LogP contribution >= 0.6 is 0 Å². The lowest BCUT2D eigenvalue weighted by Crippen LogP contribution is -2.49. The van der Waals surface area contributed by atoms with Crippen molar-refractivity contribution in [2.45, 2.75) is 37.6 Å². The number of carbonyl (C=O) groups is 1. The first-order chi connectivity index (χ1) is 19.0. The molecule has 1 aliphatic heterocycles. The van der Waals surface area contributed by atoms with Crippen molar-refractivity contribution in [3.05, 3.63) is 66.1 Å². The van der Waals surface area contributed by atoms with E-state index in [1.54, 1.807) is 38.1 Å². The van der Waals surface area contributed by atoms with Gasteiger partial charge in [0.05, 0.1) is 31.6 Å². The number of aliphatic hydroxyl groups is 1. The van der Waals surface area contributed by atoms with Crippen LogP contribution in [0.3, 0.4) is 0 Å². The molecule has 1 amide bonds. The van der Waals surface area contributed by atoms with Gasteiger partial charge in [0.15, 0.2) is 5.03 Å². The molecule has 11 nitrogen and oxygen atoms in total. The number of hydrogen-bond acceptors (Lipinski definition) is 8. The smallest absolute Gasteiger partial charge is 0.280 e. The van der Waals surface area contributed by atoms with Crippen molar-refractivity contribution in [3.8, 4) is 11.5 Å². The lowest BCUT2D eigenvalue weighted by Gasteiger charge is -2.38. The summed E-state index contributed by atoms with van der Waals surface area (Å²) in [4.78, 5) is 21.4. The van der Waals surface area contributed by atoms with Crippen molar-refractivity contribution in [1.82, 2.24) is 19.4 Å². The van der Waals surface area contributed by atoms with Crippen LogP contribution in [0, 0.1) is 5.92 Å². The van der Waals surface area contributed by atoms with Gasteiger partial charge in [-0.05, 0) is 49.9 Å². The number of rotatable bonds is 10. The molecule has 0 fully saturated rings. The summed E-state index contributed by atoms with van der Waals surface area (Å²) in [6.07, 6.45) is 2.51. The Morgan fingerprint density at radius 3 is 2.60 bits per heavy atom. The first-order valence-corrected chi connectivity index (χ1v) is 14.5. The van der Waals surface area contributed by atoms with Crippen LogP contribution in [-0.2, 0) is 23.6 Å². The molecule has 0 spiro atoms. The molecule has 3 aromatic rings. The Hall–Kier alpha value is -3.61. The van der Waals surface area contributed by atoms with Gasteiger partial charge in [-0.1, -0.05) is 19.1 Å². The second-order valence-electron chi connectivity index (χ2n) is 10.4. The zero-order valence-electron chi connectivity index (χ0n) is 23.4. The normalized spacial score (nSPS) is 18.5. The number of carbonyl (C=O) groups excluding carboxylic acids is 1. The maximum atomic E-state index is 13.7. The highest BCUT2D eigenvalue weighted by atomic mass is 32.2. The molecule has 4 rings (SSSR count). The van der Waals surface area contributed by atoms with Gasteiger partial charge in [-0.15, -0.1) is 0 Å². The molecule has 12 heteroatoms. The molecule has 2 aromatic carbocycles. The fourth-order valence-corrected chi connectivity index (χ4v) is 5.69. The lowest BCUT2D eigenvalue weighted by atomic mass is 9.99. The minimum absolute atomic E-state index is 0.0493. The number of benzene rings is 2. The molecule has 2 N–H and O–H groups in total. The first-order valence-electron chi connectivity index (χ1n) is 13.1. The molecular formula is C28H37N5O6S. The van der Waals surface area contributed by atoms with Gasteiger partial charge in [-0.25, -0.2) is 4.98 Å². The highest BCUT2D eigenvalue weighted by Gasteiger charge is 2.34. The number of hydrogen-bond donors (Lipinski definition) is 2. The number of fused-ring (bicyclic) bond motifs is 1. The molecule has 1 aliphatic rings. The van der Waals surface area contributed by atoms with Crippen molar-refractivity contribution in [2.75, 3.05) is 38.6 Å². The average Bonchev–Trinajstić information content (AvgIpc) is 3.38. The Morgan fingerprint density at radius 1 is 1.25 bits per heavy atom. The van der Waals surface area contributed by atoms with Gasteiger partial charge in [-0.3, -0.25) is 14.4 Å². The quantitative estimate of drug-likeness (QED) is 0.380. The number of sulfonamides is 1. The van der Waals surface area contributed by atoms with Gasteiger partial charge in [0.25, 0.3) is 15.9 Å². The highest BCUT2D eigenvalue weighted by Crippen LogP contribution is 2.31. The van der Waals surface area contributed by atoms with E-state index in [-0.39, 0.29) is 40.8 Å². The molecule has 0 unspecified atom stereocenters. The van der Waals surface area contributed by atoms with Crippen LogP contribution in [0.4, 0.5) is 5.69 Å². The third-order valence-corrected chi connectivity index (χ3v) is 8.24. The Bertz CT molecular complexity index is 1430. The van der Waals surface area contributed by atoms with Crippen molar-refractivity contribution >= 4 is 21.6 Å². The van der Waals surface area contributed by atoms with Crippen molar-refractivity contribution in [2.24, 2.45) is 13.0 Å². The molecule has 0 bridgehead atoms. The zero-order chi connectivity index (χ0) is 29.0. The Balaban J connectivity index is 1.60. The number of likely N-dealkylation sites (N-methyl/N-ethyl adjacent to an activating group) is 1. The molecule has 1 aromatic heterocycles. The summed E-state index contributed by atoms with van der Waals surface area (Å²) in [5, 5.41) is 9.78. The number of amides is 1. The number of nitrogens with zero attached hydrogens (tertiary/aromatic N) is 4. The van der Waals surface area contributed by atoms with E-state index in [0.717, 1.165) is 11.3 Å². The predicted molar refractivity (Wildman–Crippen MR) is 151 cm³/mol. The first kappa shape index (κ1) is 29.4. The van der Waals surface area contributed by atoms with E-state index in [4.69, 9.17) is 9.47 Å². The molecule has 0 radical (unpaired) electrons. The number of aliphatic hydroxyl groups excluding tert-OH is 1. The Labute approximate surface area is 235 Å². The third-order valence-electron chi connectivity index (χ3n) is 6.98. The summed E-state index contributed by atoms with van der Waals surface area (Å²) in [7, 11) is 1.36. The molecule has 2 heterocycles. The van der Waals surface area contributed by atoms with E-state index >= 15 is 0 Å². The van der Waals surface area contributed by atoms with Gasteiger partial charge in [0.1, 0.15) is 17.6 Å². The zero-order valence-corrected chi connectivity index (χ0v) is 24.3. The van der Waals surface area contributed by atoms with Crippen molar-refractivity contribution < 1.29 is 27.8 Å². The minimum atomic E-state index is -3.96. The average molecular weight is 572 g/mol. The van der Waals surface area contributed by atoms with Gasteiger partial charge in [-0.2, -0.15) is 8.42 Å². The van der Waals surface area contributed by atoms with Gasteiger partial charge >= 0.3 is 0 Å². The molecule has 40 heavy (non-hydrogen) atoms. The Morgan fingerprint density at radius 2 is 1.98 bits per heavy atom. The van der Waals surface area contributed by atoms with Crippen molar-refractivity contribution in [1.29, 1.82) is 0 Å². The SMILES string of the molecule is COc1ccc(CN(C)C[C@H]2Oc3ccc(NS(=O)(=O)c4cn(C)cn4)cc3C(=O)N([C@H](C)CO)C[C@@H]2C)cc1. The topological polar surface area (TPSA) is 126 Å². The number of aromatic nitrogens is 2. The van der Waals surface area contributed by atoms with Gasteiger partial charge in [0.2, 0.25) is 0 Å². The number of anilines is 1. The van der Waals surface area contributed by atoms with E-state index < -0.39 is 16.1 Å². The third kappa shape index (κ3) is 6.75. The fraction of sp³-hybridized carbons (Fsp3) is 0.429. The summed E-state index contributed by atoms with van der Waals surface area (Å²) in [6, 6.07) is 12.1. The van der Waals surface area contributed by atoms with E-state index in [9.17, 15) is 18.3 Å². The molecular weight excluding hydrogens is 534 g/mol. The van der Waals surface area contributed by atoms with Gasteiger partial charge in [0, 0.05) is 44.5 Å². The van der Waals surface area contributed by atoms with Crippen LogP contribution in [0.2, 0.25) is 0 Å². The molecule has 0 aliphatic carbocycles. The maximum absolute atomic E-state index is 13.7. The minimum Gasteiger partial charge on any atom is -0.497 e. The second kappa shape index (κ2) is 12.3.